The molecule has 3 N–H and O–H groups in total. The monoisotopic (exact) mass is 290 g/mol. The predicted molar refractivity (Wildman–Crippen MR) is 80.0 cm³/mol. The van der Waals surface area contributed by atoms with Crippen LogP contribution in [0.1, 0.15) is 11.6 Å². The maximum Gasteiger partial charge on any atom is 0.244 e. The second-order valence-corrected chi connectivity index (χ2v) is 4.70. The molecule has 2 aromatic rings. The number of methoxy groups -OCH3 is 1. The zero-order chi connectivity index (χ0) is 14.5. The van der Waals surface area contributed by atoms with Gasteiger partial charge < -0.3 is 15.8 Å². The molecule has 1 atom stereocenters. The van der Waals surface area contributed by atoms with Gasteiger partial charge in [-0.05, 0) is 42.0 Å². The van der Waals surface area contributed by atoms with Crippen molar-refractivity contribution in [1.82, 2.24) is 0 Å². The topological polar surface area (TPSA) is 64.3 Å². The standard InChI is InChI=1S/C15H15ClN2O2/c1-20-13-8-2-10(3-9-13)14(15(17)19)18-12-6-4-11(16)5-7-12/h2-9,14,18H,1H3,(H2,17,19). The van der Waals surface area contributed by atoms with E-state index in [9.17, 15) is 4.79 Å². The molecule has 0 spiro atoms. The molecule has 1 unspecified atom stereocenters. The second kappa shape index (κ2) is 6.30. The van der Waals surface area contributed by atoms with Gasteiger partial charge in [0.1, 0.15) is 11.8 Å². The summed E-state index contributed by atoms with van der Waals surface area (Å²) in [6.07, 6.45) is 0. The van der Waals surface area contributed by atoms with Crippen molar-refractivity contribution in [2.75, 3.05) is 12.4 Å². The Kier molecular flexibility index (Phi) is 4.48. The number of rotatable bonds is 5. The molecule has 2 rings (SSSR count). The summed E-state index contributed by atoms with van der Waals surface area (Å²) in [7, 11) is 1.59. The summed E-state index contributed by atoms with van der Waals surface area (Å²) in [5.74, 6) is 0.272. The van der Waals surface area contributed by atoms with Crippen LogP contribution in [0.2, 0.25) is 5.02 Å². The first-order valence-corrected chi connectivity index (χ1v) is 6.43. The minimum Gasteiger partial charge on any atom is -0.497 e. The van der Waals surface area contributed by atoms with Gasteiger partial charge in [0.15, 0.2) is 0 Å². The molecule has 5 heteroatoms. The van der Waals surface area contributed by atoms with Gasteiger partial charge in [0.25, 0.3) is 0 Å². The van der Waals surface area contributed by atoms with Crippen molar-refractivity contribution in [2.24, 2.45) is 5.73 Å². The number of ether oxygens (including phenoxy) is 1. The van der Waals surface area contributed by atoms with Gasteiger partial charge in [0, 0.05) is 10.7 Å². The Bertz CT molecular complexity index is 582. The zero-order valence-corrected chi connectivity index (χ0v) is 11.7. The van der Waals surface area contributed by atoms with E-state index in [4.69, 9.17) is 22.1 Å². The van der Waals surface area contributed by atoms with Crippen LogP contribution in [-0.2, 0) is 4.79 Å². The molecule has 0 aromatic heterocycles. The lowest BCUT2D eigenvalue weighted by Crippen LogP contribution is -2.27. The number of benzene rings is 2. The van der Waals surface area contributed by atoms with Gasteiger partial charge in [-0.2, -0.15) is 0 Å². The van der Waals surface area contributed by atoms with E-state index in [0.717, 1.165) is 17.0 Å². The number of carbonyl (C=O) groups is 1. The molecule has 104 valence electrons. The van der Waals surface area contributed by atoms with E-state index in [1.807, 2.05) is 0 Å². The van der Waals surface area contributed by atoms with E-state index in [2.05, 4.69) is 5.32 Å². The van der Waals surface area contributed by atoms with E-state index in [1.54, 1.807) is 55.6 Å². The fourth-order valence-electron chi connectivity index (χ4n) is 1.83. The van der Waals surface area contributed by atoms with Crippen LogP contribution < -0.4 is 15.8 Å². The second-order valence-electron chi connectivity index (χ2n) is 4.26. The van der Waals surface area contributed by atoms with Crippen LogP contribution in [-0.4, -0.2) is 13.0 Å². The number of nitrogens with one attached hydrogen (secondary N) is 1. The van der Waals surface area contributed by atoms with E-state index < -0.39 is 11.9 Å². The normalized spacial score (nSPS) is 11.7. The van der Waals surface area contributed by atoms with Crippen LogP contribution in [0, 0.1) is 0 Å². The van der Waals surface area contributed by atoms with Gasteiger partial charge in [-0.3, -0.25) is 4.79 Å². The highest BCUT2D eigenvalue weighted by atomic mass is 35.5. The highest BCUT2D eigenvalue weighted by molar-refractivity contribution is 6.30. The zero-order valence-electron chi connectivity index (χ0n) is 11.0. The van der Waals surface area contributed by atoms with Crippen molar-refractivity contribution in [2.45, 2.75) is 6.04 Å². The maximum absolute atomic E-state index is 11.6. The van der Waals surface area contributed by atoms with E-state index in [-0.39, 0.29) is 0 Å². The van der Waals surface area contributed by atoms with Crippen LogP contribution in [0.3, 0.4) is 0 Å². The van der Waals surface area contributed by atoms with Gasteiger partial charge in [-0.15, -0.1) is 0 Å². The number of hydrogen-bond acceptors (Lipinski definition) is 3. The number of primary amides is 1. The molecule has 0 saturated heterocycles. The molecule has 1 amide bonds. The summed E-state index contributed by atoms with van der Waals surface area (Å²) < 4.78 is 5.09. The number of hydrogen-bond donors (Lipinski definition) is 2. The molecule has 0 saturated carbocycles. The van der Waals surface area contributed by atoms with Crippen LogP contribution in [0.15, 0.2) is 48.5 Å². The van der Waals surface area contributed by atoms with Crippen LogP contribution in [0.25, 0.3) is 0 Å². The van der Waals surface area contributed by atoms with Crippen LogP contribution in [0.4, 0.5) is 5.69 Å². The Morgan fingerprint density at radius 1 is 1.15 bits per heavy atom. The largest absolute Gasteiger partial charge is 0.497 e. The van der Waals surface area contributed by atoms with Crippen LogP contribution in [0.5, 0.6) is 5.75 Å². The molecule has 4 nitrogen and oxygen atoms in total. The molecular formula is C15H15ClN2O2. The van der Waals surface area contributed by atoms with Gasteiger partial charge in [0.2, 0.25) is 5.91 Å². The van der Waals surface area contributed by atoms with Crippen molar-refractivity contribution in [1.29, 1.82) is 0 Å². The molecule has 0 bridgehead atoms. The third-order valence-corrected chi connectivity index (χ3v) is 3.14. The first kappa shape index (κ1) is 14.2. The minimum atomic E-state index is -0.609. The smallest absolute Gasteiger partial charge is 0.244 e. The Balaban J connectivity index is 2.22. The summed E-state index contributed by atoms with van der Waals surface area (Å²) in [5, 5.41) is 3.72. The lowest BCUT2D eigenvalue weighted by atomic mass is 10.1. The number of halogens is 1. The Labute approximate surface area is 122 Å². The molecule has 0 radical (unpaired) electrons. The van der Waals surface area contributed by atoms with Gasteiger partial charge in [-0.1, -0.05) is 23.7 Å². The molecule has 0 heterocycles. The van der Waals surface area contributed by atoms with Crippen molar-refractivity contribution < 1.29 is 9.53 Å². The molecule has 0 aliphatic heterocycles. The van der Waals surface area contributed by atoms with Gasteiger partial charge in [0.05, 0.1) is 7.11 Å². The van der Waals surface area contributed by atoms with Gasteiger partial charge in [-0.25, -0.2) is 0 Å². The van der Waals surface area contributed by atoms with Crippen molar-refractivity contribution in [3.05, 3.63) is 59.1 Å². The maximum atomic E-state index is 11.6. The molecule has 20 heavy (non-hydrogen) atoms. The Morgan fingerprint density at radius 3 is 2.25 bits per heavy atom. The first-order chi connectivity index (χ1) is 9.60. The lowest BCUT2D eigenvalue weighted by molar-refractivity contribution is -0.118. The molecular weight excluding hydrogens is 276 g/mol. The molecule has 0 fully saturated rings. The average molecular weight is 291 g/mol. The lowest BCUT2D eigenvalue weighted by Gasteiger charge is -2.17. The van der Waals surface area contributed by atoms with Crippen LogP contribution >= 0.6 is 11.6 Å². The fourth-order valence-corrected chi connectivity index (χ4v) is 1.95. The van der Waals surface area contributed by atoms with E-state index in [1.165, 1.54) is 0 Å². The Hall–Kier alpha value is -2.20. The summed E-state index contributed by atoms with van der Waals surface area (Å²) in [6.45, 7) is 0. The van der Waals surface area contributed by atoms with Gasteiger partial charge >= 0.3 is 0 Å². The third kappa shape index (κ3) is 3.42. The number of anilines is 1. The Morgan fingerprint density at radius 2 is 1.75 bits per heavy atom. The molecule has 0 aliphatic carbocycles. The SMILES string of the molecule is COc1ccc(C(Nc2ccc(Cl)cc2)C(N)=O)cc1. The molecule has 0 aliphatic rings. The highest BCUT2D eigenvalue weighted by Crippen LogP contribution is 2.23. The van der Waals surface area contributed by atoms with Crippen molar-refractivity contribution in [3.63, 3.8) is 0 Å². The average Bonchev–Trinajstić information content (AvgIpc) is 2.46. The summed E-state index contributed by atoms with van der Waals surface area (Å²) in [5.41, 5.74) is 7.00. The number of nitrogens with two attached hydrogens (primary N) is 1. The summed E-state index contributed by atoms with van der Waals surface area (Å²) in [6, 6.07) is 13.6. The summed E-state index contributed by atoms with van der Waals surface area (Å²) >= 11 is 5.83. The number of carbonyl (C=O) groups excluding carboxylic acids is 1. The number of amides is 1. The van der Waals surface area contributed by atoms with Crippen molar-refractivity contribution in [3.8, 4) is 5.75 Å². The van der Waals surface area contributed by atoms with E-state index >= 15 is 0 Å². The highest BCUT2D eigenvalue weighted by Gasteiger charge is 2.17. The fraction of sp³-hybridized carbons (Fsp3) is 0.133. The summed E-state index contributed by atoms with van der Waals surface area (Å²) in [4.78, 5) is 11.6. The third-order valence-electron chi connectivity index (χ3n) is 2.89. The van der Waals surface area contributed by atoms with Crippen molar-refractivity contribution >= 4 is 23.2 Å². The first-order valence-electron chi connectivity index (χ1n) is 6.05. The quantitative estimate of drug-likeness (QED) is 0.890. The minimum absolute atomic E-state index is 0.454. The molecule has 2 aromatic carbocycles. The predicted octanol–water partition coefficient (Wildman–Crippen LogP) is 2.99. The van der Waals surface area contributed by atoms with E-state index in [0.29, 0.717) is 5.02 Å².